The van der Waals surface area contributed by atoms with E-state index in [1.54, 1.807) is 0 Å². The van der Waals surface area contributed by atoms with Crippen LogP contribution in [0.3, 0.4) is 0 Å². The second kappa shape index (κ2) is 3.82. The fourth-order valence-corrected chi connectivity index (χ4v) is 2.66. The average Bonchev–Trinajstić information content (AvgIpc) is 2.01. The zero-order valence-electron chi connectivity index (χ0n) is 10.4. The Hall–Kier alpha value is -0.0800. The highest BCUT2D eigenvalue weighted by atomic mass is 15.3. The molecule has 0 aromatic heterocycles. The second-order valence-corrected chi connectivity index (χ2v) is 6.23. The van der Waals surface area contributed by atoms with Gasteiger partial charge in [0.2, 0.25) is 0 Å². The summed E-state index contributed by atoms with van der Waals surface area (Å²) in [4.78, 5) is 2.61. The van der Waals surface area contributed by atoms with E-state index in [-0.39, 0.29) is 5.54 Å². The molecule has 1 aliphatic heterocycles. The summed E-state index contributed by atoms with van der Waals surface area (Å²) >= 11 is 0. The Balaban J connectivity index is 2.77. The number of piperidine rings is 1. The van der Waals surface area contributed by atoms with E-state index >= 15 is 0 Å². The van der Waals surface area contributed by atoms with Crippen molar-refractivity contribution in [2.24, 2.45) is 11.7 Å². The lowest BCUT2D eigenvalue weighted by Crippen LogP contribution is -2.59. The van der Waals surface area contributed by atoms with E-state index in [0.29, 0.717) is 11.5 Å². The van der Waals surface area contributed by atoms with Crippen molar-refractivity contribution in [3.05, 3.63) is 0 Å². The van der Waals surface area contributed by atoms with Gasteiger partial charge in [0.05, 0.1) is 0 Å². The van der Waals surface area contributed by atoms with Crippen LogP contribution in [0, 0.1) is 5.92 Å². The van der Waals surface area contributed by atoms with Crippen LogP contribution in [-0.2, 0) is 0 Å². The molecule has 1 unspecified atom stereocenters. The maximum atomic E-state index is 5.77. The number of rotatable bonds is 1. The lowest BCUT2D eigenvalue weighted by Gasteiger charge is -2.52. The minimum atomic E-state index is 0.261. The van der Waals surface area contributed by atoms with E-state index in [2.05, 4.69) is 39.5 Å². The first-order valence-corrected chi connectivity index (χ1v) is 5.75. The third-order valence-electron chi connectivity index (χ3n) is 3.48. The van der Waals surface area contributed by atoms with Crippen LogP contribution in [0.2, 0.25) is 0 Å². The molecule has 2 heteroatoms. The van der Waals surface area contributed by atoms with Crippen molar-refractivity contribution in [1.29, 1.82) is 0 Å². The molecule has 1 saturated heterocycles. The van der Waals surface area contributed by atoms with Crippen LogP contribution in [0.25, 0.3) is 0 Å². The lowest BCUT2D eigenvalue weighted by molar-refractivity contribution is -0.0235. The van der Waals surface area contributed by atoms with Gasteiger partial charge in [-0.3, -0.25) is 4.90 Å². The molecule has 1 fully saturated rings. The molecule has 0 aromatic carbocycles. The van der Waals surface area contributed by atoms with E-state index in [4.69, 9.17) is 5.73 Å². The van der Waals surface area contributed by atoms with Gasteiger partial charge in [-0.2, -0.15) is 0 Å². The molecule has 14 heavy (non-hydrogen) atoms. The number of nitrogens with two attached hydrogens (primary N) is 1. The van der Waals surface area contributed by atoms with Gasteiger partial charge in [-0.15, -0.1) is 0 Å². The molecule has 1 rings (SSSR count). The van der Waals surface area contributed by atoms with Crippen LogP contribution in [0.1, 0.15) is 47.5 Å². The van der Waals surface area contributed by atoms with Gasteiger partial charge in [-0.1, -0.05) is 0 Å². The third kappa shape index (κ3) is 2.48. The summed E-state index contributed by atoms with van der Waals surface area (Å²) in [5.41, 5.74) is 6.37. The fraction of sp³-hybridized carbons (Fsp3) is 1.00. The van der Waals surface area contributed by atoms with Crippen LogP contribution in [-0.4, -0.2) is 29.1 Å². The highest BCUT2D eigenvalue weighted by molar-refractivity contribution is 4.95. The molecular weight excluding hydrogens is 172 g/mol. The topological polar surface area (TPSA) is 29.3 Å². The molecular formula is C12H26N2. The van der Waals surface area contributed by atoms with E-state index in [1.807, 2.05) is 0 Å². The molecule has 1 aliphatic rings. The molecule has 0 aromatic rings. The van der Waals surface area contributed by atoms with Crippen molar-refractivity contribution >= 4 is 0 Å². The van der Waals surface area contributed by atoms with Gasteiger partial charge in [0.15, 0.2) is 0 Å². The molecule has 1 atom stereocenters. The summed E-state index contributed by atoms with van der Waals surface area (Å²) in [6.45, 7) is 13.6. The van der Waals surface area contributed by atoms with E-state index in [1.165, 1.54) is 12.8 Å². The Kier molecular flexibility index (Phi) is 3.27. The summed E-state index contributed by atoms with van der Waals surface area (Å²) in [7, 11) is 0. The van der Waals surface area contributed by atoms with E-state index in [0.717, 1.165) is 13.1 Å². The summed E-state index contributed by atoms with van der Waals surface area (Å²) < 4.78 is 0. The minimum Gasteiger partial charge on any atom is -0.330 e. The highest BCUT2D eigenvalue weighted by Crippen LogP contribution is 2.35. The van der Waals surface area contributed by atoms with Crippen LogP contribution in [0.15, 0.2) is 0 Å². The smallest absolute Gasteiger partial charge is 0.0158 e. The van der Waals surface area contributed by atoms with Crippen molar-refractivity contribution in [3.8, 4) is 0 Å². The summed E-state index contributed by atoms with van der Waals surface area (Å²) in [5, 5.41) is 0. The fourth-order valence-electron chi connectivity index (χ4n) is 2.66. The van der Waals surface area contributed by atoms with Gasteiger partial charge < -0.3 is 5.73 Å². The summed E-state index contributed by atoms with van der Waals surface area (Å²) in [5.74, 6) is 0.697. The molecule has 1 heterocycles. The van der Waals surface area contributed by atoms with Crippen LogP contribution in [0.5, 0.6) is 0 Å². The van der Waals surface area contributed by atoms with Gasteiger partial charge in [0.25, 0.3) is 0 Å². The molecule has 0 aliphatic carbocycles. The number of hydrogen-bond donors (Lipinski definition) is 1. The Labute approximate surface area is 88.8 Å². The number of likely N-dealkylation sites (tertiary alicyclic amines) is 1. The average molecular weight is 198 g/mol. The number of nitrogens with zero attached hydrogens (tertiary/aromatic N) is 1. The largest absolute Gasteiger partial charge is 0.330 e. The SMILES string of the molecule is CC(C)(C)N1CC(CN)CCC1(C)C. The first-order chi connectivity index (χ1) is 6.27. The zero-order chi connectivity index (χ0) is 11.0. The molecule has 0 spiro atoms. The van der Waals surface area contributed by atoms with Crippen molar-refractivity contribution in [1.82, 2.24) is 4.90 Å². The normalized spacial score (nSPS) is 29.1. The molecule has 2 nitrogen and oxygen atoms in total. The second-order valence-electron chi connectivity index (χ2n) is 6.23. The van der Waals surface area contributed by atoms with E-state index in [9.17, 15) is 0 Å². The monoisotopic (exact) mass is 198 g/mol. The van der Waals surface area contributed by atoms with Gasteiger partial charge in [-0.05, 0) is 59.9 Å². The standard InChI is InChI=1S/C12H26N2/c1-11(2,3)14-9-10(8-13)6-7-12(14,4)5/h10H,6-9,13H2,1-5H3. The summed E-state index contributed by atoms with van der Waals surface area (Å²) in [6, 6.07) is 0. The van der Waals surface area contributed by atoms with Gasteiger partial charge in [0, 0.05) is 17.6 Å². The Morgan fingerprint density at radius 3 is 2.36 bits per heavy atom. The highest BCUT2D eigenvalue weighted by Gasteiger charge is 2.39. The first kappa shape index (κ1) is 12.0. The number of hydrogen-bond acceptors (Lipinski definition) is 2. The van der Waals surface area contributed by atoms with Crippen molar-refractivity contribution in [2.45, 2.75) is 58.5 Å². The molecule has 0 bridgehead atoms. The Morgan fingerprint density at radius 1 is 1.36 bits per heavy atom. The molecule has 2 N–H and O–H groups in total. The molecule has 0 radical (unpaired) electrons. The van der Waals surface area contributed by atoms with Crippen molar-refractivity contribution < 1.29 is 0 Å². The van der Waals surface area contributed by atoms with Gasteiger partial charge in [0.1, 0.15) is 0 Å². The maximum absolute atomic E-state index is 5.77. The Bertz CT molecular complexity index is 191. The van der Waals surface area contributed by atoms with Crippen molar-refractivity contribution in [3.63, 3.8) is 0 Å². The van der Waals surface area contributed by atoms with Crippen LogP contribution >= 0.6 is 0 Å². The minimum absolute atomic E-state index is 0.261. The third-order valence-corrected chi connectivity index (χ3v) is 3.48. The maximum Gasteiger partial charge on any atom is 0.0158 e. The predicted octanol–water partition coefficient (Wildman–Crippen LogP) is 2.23. The van der Waals surface area contributed by atoms with Crippen LogP contribution in [0.4, 0.5) is 0 Å². The van der Waals surface area contributed by atoms with Crippen molar-refractivity contribution in [2.75, 3.05) is 13.1 Å². The molecule has 0 saturated carbocycles. The quantitative estimate of drug-likeness (QED) is 0.700. The predicted molar refractivity (Wildman–Crippen MR) is 62.3 cm³/mol. The zero-order valence-corrected chi connectivity index (χ0v) is 10.4. The Morgan fingerprint density at radius 2 is 1.93 bits per heavy atom. The lowest BCUT2D eigenvalue weighted by atomic mass is 9.81. The summed E-state index contributed by atoms with van der Waals surface area (Å²) in [6.07, 6.45) is 2.56. The van der Waals surface area contributed by atoms with Gasteiger partial charge in [-0.25, -0.2) is 0 Å². The molecule has 84 valence electrons. The van der Waals surface area contributed by atoms with E-state index < -0.39 is 0 Å². The first-order valence-electron chi connectivity index (χ1n) is 5.75. The van der Waals surface area contributed by atoms with Crippen LogP contribution < -0.4 is 5.73 Å². The molecule has 0 amide bonds. The van der Waals surface area contributed by atoms with Gasteiger partial charge >= 0.3 is 0 Å².